The number of para-hydroxylation sites is 1. The van der Waals surface area contributed by atoms with Crippen molar-refractivity contribution in [3.63, 3.8) is 0 Å². The van der Waals surface area contributed by atoms with Gasteiger partial charge in [0, 0.05) is 63.4 Å². The van der Waals surface area contributed by atoms with Crippen LogP contribution in [0.4, 0.5) is 0 Å². The molecule has 3 nitrogen and oxygen atoms in total. The van der Waals surface area contributed by atoms with Crippen molar-refractivity contribution in [3.05, 3.63) is 59.2 Å². The number of hydrogen-bond donors (Lipinski definition) is 0. The molecule has 2 aromatic rings. The summed E-state index contributed by atoms with van der Waals surface area (Å²) in [6.07, 6.45) is 2.60. The van der Waals surface area contributed by atoms with Crippen LogP contribution in [0.15, 0.2) is 42.5 Å². The van der Waals surface area contributed by atoms with Gasteiger partial charge in [0.2, 0.25) is 0 Å². The van der Waals surface area contributed by atoms with E-state index in [4.69, 9.17) is 9.47 Å². The molecule has 22 heavy (non-hydrogen) atoms. The average molecular weight is 321 g/mol. The SMILES string of the molecule is CCCCOC(=O)c1cccc2c1Cc1ccccc1O2.[K]. The molecule has 0 N–H and O–H groups in total. The molecule has 0 amide bonds. The van der Waals surface area contributed by atoms with Crippen LogP contribution >= 0.6 is 0 Å². The molecule has 1 aliphatic rings. The van der Waals surface area contributed by atoms with Crippen molar-refractivity contribution in [2.75, 3.05) is 6.61 Å². The van der Waals surface area contributed by atoms with E-state index in [9.17, 15) is 4.79 Å². The van der Waals surface area contributed by atoms with Crippen molar-refractivity contribution >= 4 is 57.4 Å². The zero-order valence-corrected chi connectivity index (χ0v) is 16.2. The molecule has 0 atom stereocenters. The summed E-state index contributed by atoms with van der Waals surface area (Å²) in [5.74, 6) is 1.35. The Bertz CT molecular complexity index is 667. The molecule has 0 saturated carbocycles. The molecule has 2 aromatic carbocycles. The van der Waals surface area contributed by atoms with Gasteiger partial charge < -0.3 is 9.47 Å². The fourth-order valence-corrected chi connectivity index (χ4v) is 2.48. The summed E-state index contributed by atoms with van der Waals surface area (Å²) in [6.45, 7) is 2.54. The van der Waals surface area contributed by atoms with Crippen molar-refractivity contribution in [1.29, 1.82) is 0 Å². The molecule has 3 rings (SSSR count). The number of carbonyl (C=O) groups is 1. The standard InChI is InChI=1S/C18H18O3.K/c1-2-3-11-20-18(19)14-8-6-10-17-15(14)12-13-7-4-5-9-16(13)21-17;/h4-10H,2-3,11-12H2,1H3;. The van der Waals surface area contributed by atoms with E-state index < -0.39 is 0 Å². The van der Waals surface area contributed by atoms with Crippen LogP contribution in [0.5, 0.6) is 11.5 Å². The fourth-order valence-electron chi connectivity index (χ4n) is 2.48. The number of hydrogen-bond acceptors (Lipinski definition) is 3. The Balaban J connectivity index is 0.00000176. The minimum absolute atomic E-state index is 0. The maximum Gasteiger partial charge on any atom is 0.338 e. The van der Waals surface area contributed by atoms with Gasteiger partial charge >= 0.3 is 5.97 Å². The molecule has 0 spiro atoms. The summed E-state index contributed by atoms with van der Waals surface area (Å²) in [5, 5.41) is 0. The molecule has 4 heteroatoms. The second kappa shape index (κ2) is 8.27. The monoisotopic (exact) mass is 321 g/mol. The molecular weight excluding hydrogens is 303 g/mol. The number of carbonyl (C=O) groups excluding carboxylic acids is 1. The molecule has 0 aromatic heterocycles. The quantitative estimate of drug-likeness (QED) is 0.414. The van der Waals surface area contributed by atoms with Crippen LogP contribution in [0.25, 0.3) is 0 Å². The van der Waals surface area contributed by atoms with Crippen LogP contribution < -0.4 is 4.74 Å². The van der Waals surface area contributed by atoms with E-state index in [1.54, 1.807) is 0 Å². The van der Waals surface area contributed by atoms with E-state index >= 15 is 0 Å². The van der Waals surface area contributed by atoms with E-state index in [0.717, 1.165) is 35.5 Å². The summed E-state index contributed by atoms with van der Waals surface area (Å²) < 4.78 is 11.2. The van der Waals surface area contributed by atoms with Crippen LogP contribution in [0, 0.1) is 0 Å². The number of benzene rings is 2. The molecular formula is C18H18KO3. The van der Waals surface area contributed by atoms with E-state index in [0.29, 0.717) is 18.6 Å². The topological polar surface area (TPSA) is 35.5 Å². The summed E-state index contributed by atoms with van der Waals surface area (Å²) in [5.41, 5.74) is 2.62. The Hall–Kier alpha value is -0.654. The molecule has 1 aliphatic heterocycles. The van der Waals surface area contributed by atoms with Crippen LogP contribution in [0.1, 0.15) is 41.3 Å². The van der Waals surface area contributed by atoms with Gasteiger partial charge in [-0.25, -0.2) is 4.79 Å². The molecule has 0 fully saturated rings. The normalized spacial score (nSPS) is 11.5. The second-order valence-corrected chi connectivity index (χ2v) is 5.16. The molecule has 109 valence electrons. The first-order valence-corrected chi connectivity index (χ1v) is 7.34. The number of fused-ring (bicyclic) bond motifs is 2. The van der Waals surface area contributed by atoms with E-state index in [-0.39, 0.29) is 57.4 Å². The minimum Gasteiger partial charge on any atom is -0.462 e. The fraction of sp³-hybridized carbons (Fsp3) is 0.278. The number of unbranched alkanes of at least 4 members (excludes halogenated alkanes) is 1. The Labute approximate surface area is 173 Å². The van der Waals surface area contributed by atoms with Gasteiger partial charge in [0.25, 0.3) is 0 Å². The van der Waals surface area contributed by atoms with Gasteiger partial charge in [0.1, 0.15) is 11.5 Å². The van der Waals surface area contributed by atoms with Gasteiger partial charge in [0.05, 0.1) is 12.2 Å². The van der Waals surface area contributed by atoms with Gasteiger partial charge in [-0.15, -0.1) is 0 Å². The first-order valence-electron chi connectivity index (χ1n) is 7.34. The average Bonchev–Trinajstić information content (AvgIpc) is 2.52. The predicted molar refractivity (Wildman–Crippen MR) is 86.7 cm³/mol. The van der Waals surface area contributed by atoms with Crippen LogP contribution in [0.3, 0.4) is 0 Å². The van der Waals surface area contributed by atoms with Gasteiger partial charge in [-0.3, -0.25) is 0 Å². The summed E-state index contributed by atoms with van der Waals surface area (Å²) >= 11 is 0. The van der Waals surface area contributed by atoms with Crippen molar-refractivity contribution in [2.24, 2.45) is 0 Å². The van der Waals surface area contributed by atoms with Crippen molar-refractivity contribution in [1.82, 2.24) is 0 Å². The van der Waals surface area contributed by atoms with Crippen molar-refractivity contribution in [3.8, 4) is 11.5 Å². The van der Waals surface area contributed by atoms with Gasteiger partial charge in [-0.1, -0.05) is 37.6 Å². The zero-order valence-electron chi connectivity index (χ0n) is 13.1. The van der Waals surface area contributed by atoms with Crippen LogP contribution in [-0.4, -0.2) is 64.0 Å². The smallest absolute Gasteiger partial charge is 0.338 e. The first-order chi connectivity index (χ1) is 10.3. The summed E-state index contributed by atoms with van der Waals surface area (Å²) in [7, 11) is 0. The Morgan fingerprint density at radius 3 is 2.73 bits per heavy atom. The molecule has 1 radical (unpaired) electrons. The molecule has 0 bridgehead atoms. The summed E-state index contributed by atoms with van der Waals surface area (Å²) in [4.78, 5) is 12.2. The third-order valence-corrected chi connectivity index (χ3v) is 3.64. The third kappa shape index (κ3) is 3.81. The Morgan fingerprint density at radius 1 is 1.14 bits per heavy atom. The van der Waals surface area contributed by atoms with E-state index in [1.807, 2.05) is 42.5 Å². The molecule has 1 heterocycles. The van der Waals surface area contributed by atoms with Gasteiger partial charge in [-0.2, -0.15) is 0 Å². The Morgan fingerprint density at radius 2 is 1.91 bits per heavy atom. The summed E-state index contributed by atoms with van der Waals surface area (Å²) in [6, 6.07) is 13.5. The molecule has 0 aliphatic carbocycles. The number of ether oxygens (including phenoxy) is 2. The van der Waals surface area contributed by atoms with Crippen molar-refractivity contribution < 1.29 is 14.3 Å². The second-order valence-electron chi connectivity index (χ2n) is 5.16. The molecule has 0 saturated heterocycles. The van der Waals surface area contributed by atoms with E-state index in [1.165, 1.54) is 0 Å². The first kappa shape index (κ1) is 17.7. The van der Waals surface area contributed by atoms with Crippen LogP contribution in [-0.2, 0) is 11.2 Å². The third-order valence-electron chi connectivity index (χ3n) is 3.64. The van der Waals surface area contributed by atoms with Gasteiger partial charge in [0.15, 0.2) is 0 Å². The number of esters is 1. The maximum absolute atomic E-state index is 12.2. The maximum atomic E-state index is 12.2. The van der Waals surface area contributed by atoms with Crippen molar-refractivity contribution in [2.45, 2.75) is 26.2 Å². The number of rotatable bonds is 4. The molecule has 0 unspecified atom stereocenters. The Kier molecular flexibility index (Phi) is 6.65. The minimum atomic E-state index is -0.261. The van der Waals surface area contributed by atoms with Gasteiger partial charge in [-0.05, 0) is 30.2 Å². The van der Waals surface area contributed by atoms with Crippen LogP contribution in [0.2, 0.25) is 0 Å². The predicted octanol–water partition coefficient (Wildman–Crippen LogP) is 3.96. The zero-order chi connectivity index (χ0) is 14.7. The van der Waals surface area contributed by atoms with E-state index in [2.05, 4.69) is 6.92 Å². The largest absolute Gasteiger partial charge is 0.462 e.